The van der Waals surface area contributed by atoms with Gasteiger partial charge in [0.05, 0.1) is 31.1 Å². The fourth-order valence-corrected chi connectivity index (χ4v) is 4.95. The Morgan fingerprint density at radius 1 is 1.36 bits per heavy atom. The minimum atomic E-state index is -4.01. The maximum Gasteiger partial charge on any atom is 0.273 e. The number of hydrogen-bond donors (Lipinski definition) is 1. The highest BCUT2D eigenvalue weighted by molar-refractivity contribution is 7.88. The molecule has 0 radical (unpaired) electrons. The molecule has 1 aromatic carbocycles. The van der Waals surface area contributed by atoms with E-state index < -0.39 is 46.6 Å². The van der Waals surface area contributed by atoms with E-state index in [4.69, 9.17) is 11.6 Å². The minimum Gasteiger partial charge on any atom is -0.354 e. The van der Waals surface area contributed by atoms with Crippen LogP contribution in [0.1, 0.15) is 22.5 Å². The van der Waals surface area contributed by atoms with Crippen LogP contribution in [0.2, 0.25) is 5.02 Å². The zero-order valence-corrected chi connectivity index (χ0v) is 16.4. The Kier molecular flexibility index (Phi) is 5.69. The van der Waals surface area contributed by atoms with E-state index in [-0.39, 0.29) is 12.2 Å². The normalized spacial score (nSPS) is 19.6. The average Bonchev–Trinajstić information content (AvgIpc) is 3.20. The van der Waals surface area contributed by atoms with Crippen LogP contribution in [0.5, 0.6) is 0 Å². The van der Waals surface area contributed by atoms with Crippen LogP contribution >= 0.6 is 11.6 Å². The van der Waals surface area contributed by atoms with E-state index in [1.807, 2.05) is 0 Å². The van der Waals surface area contributed by atoms with Crippen LogP contribution in [0, 0.1) is 0 Å². The third kappa shape index (κ3) is 4.65. The Morgan fingerprint density at radius 2 is 2.04 bits per heavy atom. The van der Waals surface area contributed by atoms with Gasteiger partial charge < -0.3 is 5.32 Å². The molecule has 28 heavy (non-hydrogen) atoms. The van der Waals surface area contributed by atoms with Crippen molar-refractivity contribution in [3.8, 4) is 0 Å². The molecule has 1 aromatic heterocycles. The van der Waals surface area contributed by atoms with Gasteiger partial charge in [0.1, 0.15) is 0 Å². The highest BCUT2D eigenvalue weighted by Gasteiger charge is 2.49. The van der Waals surface area contributed by atoms with E-state index in [2.05, 4.69) is 15.6 Å². The van der Waals surface area contributed by atoms with Gasteiger partial charge in [-0.2, -0.15) is 4.31 Å². The second-order valence-electron chi connectivity index (χ2n) is 6.55. The molecule has 0 saturated carbocycles. The molecule has 3 rings (SSSR count). The highest BCUT2D eigenvalue weighted by atomic mass is 35.5. The van der Waals surface area contributed by atoms with Crippen LogP contribution in [-0.2, 0) is 22.3 Å². The number of amides is 1. The summed E-state index contributed by atoms with van der Waals surface area (Å²) in [5, 5.41) is 10.2. The largest absolute Gasteiger partial charge is 0.354 e. The number of hydrogen-bond acceptors (Lipinski definition) is 5. The molecular weight excluding hydrogens is 416 g/mol. The topological polar surface area (TPSA) is 97.2 Å². The first-order valence-electron chi connectivity index (χ1n) is 8.34. The van der Waals surface area contributed by atoms with Gasteiger partial charge in [-0.25, -0.2) is 17.2 Å². The van der Waals surface area contributed by atoms with Gasteiger partial charge in [-0.05, 0) is 17.7 Å². The Bertz CT molecular complexity index is 965. The van der Waals surface area contributed by atoms with Gasteiger partial charge in [-0.3, -0.25) is 9.48 Å². The van der Waals surface area contributed by atoms with Crippen LogP contribution in [-0.4, -0.2) is 59.2 Å². The van der Waals surface area contributed by atoms with E-state index in [9.17, 15) is 22.0 Å². The first-order chi connectivity index (χ1) is 13.1. The highest BCUT2D eigenvalue weighted by Crippen LogP contribution is 2.35. The van der Waals surface area contributed by atoms with Crippen LogP contribution in [0.25, 0.3) is 0 Å². The van der Waals surface area contributed by atoms with Crippen molar-refractivity contribution in [1.29, 1.82) is 0 Å². The first-order valence-corrected chi connectivity index (χ1v) is 10.3. The van der Waals surface area contributed by atoms with Gasteiger partial charge in [-0.1, -0.05) is 28.9 Å². The van der Waals surface area contributed by atoms with Gasteiger partial charge in [-0.15, -0.1) is 5.10 Å². The number of sulfonamides is 1. The van der Waals surface area contributed by atoms with Crippen molar-refractivity contribution < 1.29 is 22.0 Å². The lowest BCUT2D eigenvalue weighted by Gasteiger charge is -2.23. The molecule has 0 aliphatic carbocycles. The Morgan fingerprint density at radius 3 is 2.68 bits per heavy atom. The number of alkyl halides is 2. The van der Waals surface area contributed by atoms with E-state index in [0.717, 1.165) is 4.31 Å². The molecule has 152 valence electrons. The number of carbonyl (C=O) groups is 1. The number of carbonyl (C=O) groups excluding carboxylic acids is 1. The van der Waals surface area contributed by atoms with Gasteiger partial charge >= 0.3 is 0 Å². The van der Waals surface area contributed by atoms with Gasteiger partial charge in [0, 0.05) is 18.5 Å². The predicted octanol–water partition coefficient (Wildman–Crippen LogP) is 1.53. The summed E-state index contributed by atoms with van der Waals surface area (Å²) in [6.45, 7) is -1.04. The summed E-state index contributed by atoms with van der Waals surface area (Å²) in [7, 11) is -2.59. The van der Waals surface area contributed by atoms with E-state index >= 15 is 0 Å². The molecule has 0 bridgehead atoms. The molecular formula is C16H18ClF2N5O3S. The minimum absolute atomic E-state index is 0.0165. The molecule has 8 nitrogen and oxygen atoms in total. The number of rotatable bonds is 6. The van der Waals surface area contributed by atoms with Crippen LogP contribution in [0.4, 0.5) is 8.78 Å². The van der Waals surface area contributed by atoms with Crippen LogP contribution in [0.3, 0.4) is 0 Å². The monoisotopic (exact) mass is 433 g/mol. The van der Waals surface area contributed by atoms with Crippen LogP contribution in [0.15, 0.2) is 30.5 Å². The number of nitrogens with zero attached hydrogens (tertiary/aromatic N) is 4. The third-order valence-corrected chi connectivity index (χ3v) is 6.44. The average molecular weight is 434 g/mol. The molecule has 1 fully saturated rings. The van der Waals surface area contributed by atoms with Crippen molar-refractivity contribution in [3.05, 3.63) is 46.7 Å². The lowest BCUT2D eigenvalue weighted by Crippen LogP contribution is -2.39. The molecule has 1 aliphatic heterocycles. The SMILES string of the molecule is CNC(=O)c1cn(C[C@@H]2CC(F)(F)CN2S(=O)(=O)Cc2ccc(Cl)cc2)nn1. The molecule has 2 aromatic rings. The molecule has 0 spiro atoms. The smallest absolute Gasteiger partial charge is 0.273 e. The number of aromatic nitrogens is 3. The van der Waals surface area contributed by atoms with E-state index in [1.165, 1.54) is 42.2 Å². The molecule has 1 amide bonds. The molecule has 1 saturated heterocycles. The first kappa shape index (κ1) is 20.6. The van der Waals surface area contributed by atoms with Crippen molar-refractivity contribution in [2.45, 2.75) is 30.7 Å². The van der Waals surface area contributed by atoms with Gasteiger partial charge in [0.25, 0.3) is 11.8 Å². The van der Waals surface area contributed by atoms with Gasteiger partial charge in [0.15, 0.2) is 5.69 Å². The maximum atomic E-state index is 14.0. The Hall–Kier alpha value is -2.11. The summed E-state index contributed by atoms with van der Waals surface area (Å²) >= 11 is 5.79. The zero-order valence-electron chi connectivity index (χ0n) is 14.8. The van der Waals surface area contributed by atoms with Crippen LogP contribution < -0.4 is 5.32 Å². The lowest BCUT2D eigenvalue weighted by molar-refractivity contribution is 0.0168. The lowest BCUT2D eigenvalue weighted by atomic mass is 10.2. The fourth-order valence-electron chi connectivity index (χ4n) is 3.06. The molecule has 1 N–H and O–H groups in total. The molecule has 0 unspecified atom stereocenters. The summed E-state index contributed by atoms with van der Waals surface area (Å²) in [4.78, 5) is 11.6. The summed E-state index contributed by atoms with van der Waals surface area (Å²) < 4.78 is 55.6. The molecule has 1 atom stereocenters. The van der Waals surface area contributed by atoms with E-state index in [1.54, 1.807) is 0 Å². The Labute approximate surface area is 165 Å². The van der Waals surface area contributed by atoms with Crippen molar-refractivity contribution in [2.75, 3.05) is 13.6 Å². The summed E-state index contributed by atoms with van der Waals surface area (Å²) in [6.07, 6.45) is 0.654. The maximum absolute atomic E-state index is 14.0. The molecule has 2 heterocycles. The second-order valence-corrected chi connectivity index (χ2v) is 8.90. The third-order valence-electron chi connectivity index (χ3n) is 4.34. The molecule has 1 aliphatic rings. The standard InChI is InChI=1S/C16H18ClF2N5O3S/c1-20-15(25)14-8-23(22-21-14)7-13-6-16(18,19)10-24(13)28(26,27)9-11-2-4-12(17)5-3-11/h2-5,8,13H,6-7,9-10H2,1H3,(H,20,25)/t13-/m0/s1. The second kappa shape index (κ2) is 7.72. The van der Waals surface area contributed by atoms with E-state index in [0.29, 0.717) is 10.6 Å². The summed E-state index contributed by atoms with van der Waals surface area (Å²) in [6, 6.07) is 5.15. The number of nitrogens with one attached hydrogen (secondary N) is 1. The fraction of sp³-hybridized carbons (Fsp3) is 0.438. The zero-order chi connectivity index (χ0) is 20.5. The quantitative estimate of drug-likeness (QED) is 0.745. The van der Waals surface area contributed by atoms with Crippen molar-refractivity contribution >= 4 is 27.5 Å². The number of benzene rings is 1. The van der Waals surface area contributed by atoms with Gasteiger partial charge in [0.2, 0.25) is 10.0 Å². The number of halogens is 3. The van der Waals surface area contributed by atoms with Crippen molar-refractivity contribution in [2.24, 2.45) is 0 Å². The van der Waals surface area contributed by atoms with Crippen molar-refractivity contribution in [1.82, 2.24) is 24.6 Å². The van der Waals surface area contributed by atoms with Crippen molar-refractivity contribution in [3.63, 3.8) is 0 Å². The summed E-state index contributed by atoms with van der Waals surface area (Å²) in [5.41, 5.74) is 0.462. The predicted molar refractivity (Wildman–Crippen MR) is 97.5 cm³/mol. The molecule has 12 heteroatoms. The summed E-state index contributed by atoms with van der Waals surface area (Å²) in [5.74, 6) is -4.05. The Balaban J connectivity index is 1.80.